The number of anilines is 1. The maximum absolute atomic E-state index is 12.5. The highest BCUT2D eigenvalue weighted by Gasteiger charge is 2.23. The van der Waals surface area contributed by atoms with Gasteiger partial charge < -0.3 is 24.6 Å². The quantitative estimate of drug-likeness (QED) is 0.900. The highest BCUT2D eigenvalue weighted by atomic mass is 16.7. The fourth-order valence-electron chi connectivity index (χ4n) is 2.88. The third-order valence-corrected chi connectivity index (χ3v) is 4.21. The molecule has 0 aliphatic carbocycles. The molecule has 2 aliphatic heterocycles. The van der Waals surface area contributed by atoms with Gasteiger partial charge >= 0.3 is 6.03 Å². The number of urea groups is 1. The van der Waals surface area contributed by atoms with Gasteiger partial charge in [-0.2, -0.15) is 0 Å². The first-order chi connectivity index (χ1) is 11.5. The molecule has 3 amide bonds. The molecule has 1 N–H and O–H groups in total. The van der Waals surface area contributed by atoms with Crippen LogP contribution in [0, 0.1) is 5.92 Å². The first kappa shape index (κ1) is 16.4. The molecule has 1 saturated heterocycles. The van der Waals surface area contributed by atoms with E-state index in [1.807, 2.05) is 18.7 Å². The van der Waals surface area contributed by atoms with E-state index in [0.29, 0.717) is 43.4 Å². The van der Waals surface area contributed by atoms with Crippen molar-refractivity contribution in [3.8, 4) is 11.5 Å². The maximum Gasteiger partial charge on any atom is 0.321 e. The van der Waals surface area contributed by atoms with E-state index in [1.54, 1.807) is 23.1 Å². The summed E-state index contributed by atoms with van der Waals surface area (Å²) >= 11 is 0. The van der Waals surface area contributed by atoms with E-state index in [1.165, 1.54) is 0 Å². The van der Waals surface area contributed by atoms with Crippen molar-refractivity contribution < 1.29 is 19.1 Å². The average Bonchev–Trinajstić information content (AvgIpc) is 2.88. The molecule has 3 rings (SSSR count). The lowest BCUT2D eigenvalue weighted by molar-refractivity contribution is -0.134. The Hall–Kier alpha value is -2.44. The van der Waals surface area contributed by atoms with E-state index < -0.39 is 0 Å². The maximum atomic E-state index is 12.5. The summed E-state index contributed by atoms with van der Waals surface area (Å²) in [4.78, 5) is 28.2. The van der Waals surface area contributed by atoms with Crippen molar-refractivity contribution in [3.05, 3.63) is 18.2 Å². The molecule has 0 spiro atoms. The molecule has 1 fully saturated rings. The Morgan fingerprint density at radius 2 is 1.75 bits per heavy atom. The second kappa shape index (κ2) is 6.98. The summed E-state index contributed by atoms with van der Waals surface area (Å²) in [7, 11) is 0. The molecule has 0 unspecified atom stereocenters. The lowest BCUT2D eigenvalue weighted by Gasteiger charge is -2.23. The van der Waals surface area contributed by atoms with Gasteiger partial charge in [0.25, 0.3) is 0 Å². The number of amides is 3. The lowest BCUT2D eigenvalue weighted by atomic mass is 10.2. The van der Waals surface area contributed by atoms with Crippen LogP contribution in [0.25, 0.3) is 0 Å². The third-order valence-electron chi connectivity index (χ3n) is 4.21. The molecule has 7 nitrogen and oxygen atoms in total. The molecule has 7 heteroatoms. The van der Waals surface area contributed by atoms with Crippen LogP contribution in [0.4, 0.5) is 10.5 Å². The molecule has 0 bridgehead atoms. The van der Waals surface area contributed by atoms with Crippen molar-refractivity contribution in [2.45, 2.75) is 20.3 Å². The predicted molar refractivity (Wildman–Crippen MR) is 89.2 cm³/mol. The molecule has 2 heterocycles. The summed E-state index contributed by atoms with van der Waals surface area (Å²) in [6, 6.07) is 5.17. The molecular formula is C17H23N3O4. The Morgan fingerprint density at radius 1 is 1.04 bits per heavy atom. The first-order valence-corrected chi connectivity index (χ1v) is 8.29. The van der Waals surface area contributed by atoms with Crippen LogP contribution in [-0.4, -0.2) is 54.7 Å². The van der Waals surface area contributed by atoms with Crippen LogP contribution in [-0.2, 0) is 4.79 Å². The van der Waals surface area contributed by atoms with Crippen molar-refractivity contribution in [2.24, 2.45) is 5.92 Å². The van der Waals surface area contributed by atoms with E-state index in [-0.39, 0.29) is 24.6 Å². The van der Waals surface area contributed by atoms with Crippen LogP contribution >= 0.6 is 0 Å². The fourth-order valence-corrected chi connectivity index (χ4v) is 2.88. The second-order valence-corrected chi connectivity index (χ2v) is 6.32. The summed E-state index contributed by atoms with van der Waals surface area (Å²) in [5.74, 6) is 1.45. The predicted octanol–water partition coefficient (Wildman–Crippen LogP) is 2.14. The van der Waals surface area contributed by atoms with E-state index in [9.17, 15) is 9.59 Å². The minimum atomic E-state index is -0.160. The van der Waals surface area contributed by atoms with Gasteiger partial charge in [0.05, 0.1) is 0 Å². The molecule has 1 aromatic rings. The Morgan fingerprint density at radius 3 is 2.54 bits per heavy atom. The molecule has 1 aromatic carbocycles. The van der Waals surface area contributed by atoms with Crippen molar-refractivity contribution in [1.82, 2.24) is 9.80 Å². The Labute approximate surface area is 141 Å². The molecule has 24 heavy (non-hydrogen) atoms. The van der Waals surface area contributed by atoms with Crippen LogP contribution in [0.15, 0.2) is 18.2 Å². The highest BCUT2D eigenvalue weighted by Crippen LogP contribution is 2.34. The number of benzene rings is 1. The van der Waals surface area contributed by atoms with Gasteiger partial charge in [0, 0.05) is 43.9 Å². The topological polar surface area (TPSA) is 71.1 Å². The van der Waals surface area contributed by atoms with Crippen molar-refractivity contribution in [2.75, 3.05) is 38.3 Å². The van der Waals surface area contributed by atoms with Gasteiger partial charge in [-0.15, -0.1) is 0 Å². The Kier molecular flexibility index (Phi) is 4.78. The minimum Gasteiger partial charge on any atom is -0.454 e. The zero-order valence-corrected chi connectivity index (χ0v) is 14.1. The second-order valence-electron chi connectivity index (χ2n) is 6.32. The van der Waals surface area contributed by atoms with E-state index in [2.05, 4.69) is 5.32 Å². The van der Waals surface area contributed by atoms with Crippen molar-refractivity contribution in [3.63, 3.8) is 0 Å². The number of fused-ring (bicyclic) bond motifs is 1. The summed E-state index contributed by atoms with van der Waals surface area (Å²) in [6.07, 6.45) is 0.785. The van der Waals surface area contributed by atoms with E-state index in [4.69, 9.17) is 9.47 Å². The summed E-state index contributed by atoms with van der Waals surface area (Å²) in [5.41, 5.74) is 0.670. The van der Waals surface area contributed by atoms with Crippen LogP contribution in [0.5, 0.6) is 11.5 Å². The number of carbonyl (C=O) groups excluding carboxylic acids is 2. The van der Waals surface area contributed by atoms with E-state index >= 15 is 0 Å². The van der Waals surface area contributed by atoms with Gasteiger partial charge in [0.1, 0.15) is 0 Å². The van der Waals surface area contributed by atoms with Gasteiger partial charge in [-0.1, -0.05) is 13.8 Å². The highest BCUT2D eigenvalue weighted by molar-refractivity contribution is 5.90. The standard InChI is InChI=1S/C17H23N3O4/c1-12(2)16(21)19-6-3-7-20(9-8-19)17(22)18-13-4-5-14-15(10-13)24-11-23-14/h4-5,10,12H,3,6-9,11H2,1-2H3,(H,18,22). The van der Waals surface area contributed by atoms with Gasteiger partial charge in [-0.3, -0.25) is 4.79 Å². The number of nitrogens with one attached hydrogen (secondary N) is 1. The molecule has 0 aromatic heterocycles. The number of ether oxygens (including phenoxy) is 2. The number of hydrogen-bond acceptors (Lipinski definition) is 4. The molecule has 2 aliphatic rings. The zero-order valence-electron chi connectivity index (χ0n) is 14.1. The molecule has 0 saturated carbocycles. The number of nitrogens with zero attached hydrogens (tertiary/aromatic N) is 2. The van der Waals surface area contributed by atoms with Gasteiger partial charge in [0.15, 0.2) is 11.5 Å². The monoisotopic (exact) mass is 333 g/mol. The first-order valence-electron chi connectivity index (χ1n) is 8.29. The minimum absolute atomic E-state index is 0.0148. The molecule has 0 radical (unpaired) electrons. The SMILES string of the molecule is CC(C)C(=O)N1CCCN(C(=O)Nc2ccc3c(c2)OCO3)CC1. The Bertz CT molecular complexity index is 632. The van der Waals surface area contributed by atoms with Crippen LogP contribution in [0.3, 0.4) is 0 Å². The van der Waals surface area contributed by atoms with Gasteiger partial charge in [0.2, 0.25) is 12.7 Å². The van der Waals surface area contributed by atoms with Crippen LogP contribution in [0.2, 0.25) is 0 Å². The molecule has 0 atom stereocenters. The summed E-state index contributed by atoms with van der Waals surface area (Å²) in [6.45, 7) is 6.46. The lowest BCUT2D eigenvalue weighted by Crippen LogP contribution is -2.40. The normalized spacial score (nSPS) is 17.0. The summed E-state index contributed by atoms with van der Waals surface area (Å²) in [5, 5.41) is 2.88. The third kappa shape index (κ3) is 3.55. The smallest absolute Gasteiger partial charge is 0.321 e. The van der Waals surface area contributed by atoms with E-state index in [0.717, 1.165) is 6.42 Å². The average molecular weight is 333 g/mol. The van der Waals surface area contributed by atoms with Gasteiger partial charge in [-0.25, -0.2) is 4.79 Å². The van der Waals surface area contributed by atoms with Crippen molar-refractivity contribution in [1.29, 1.82) is 0 Å². The summed E-state index contributed by atoms with van der Waals surface area (Å²) < 4.78 is 10.6. The molecular weight excluding hydrogens is 310 g/mol. The largest absolute Gasteiger partial charge is 0.454 e. The fraction of sp³-hybridized carbons (Fsp3) is 0.529. The van der Waals surface area contributed by atoms with Gasteiger partial charge in [-0.05, 0) is 18.6 Å². The molecule has 130 valence electrons. The zero-order chi connectivity index (χ0) is 17.1. The van der Waals surface area contributed by atoms with Crippen LogP contribution in [0.1, 0.15) is 20.3 Å². The van der Waals surface area contributed by atoms with Crippen LogP contribution < -0.4 is 14.8 Å². The number of rotatable bonds is 2. The van der Waals surface area contributed by atoms with Crippen molar-refractivity contribution >= 4 is 17.6 Å². The number of carbonyl (C=O) groups is 2. The Balaban J connectivity index is 1.58. The number of hydrogen-bond donors (Lipinski definition) is 1.